The van der Waals surface area contributed by atoms with Crippen molar-refractivity contribution in [2.24, 2.45) is 0 Å². The van der Waals surface area contributed by atoms with E-state index in [-0.39, 0.29) is 21.2 Å². The van der Waals surface area contributed by atoms with E-state index in [4.69, 9.17) is 16.3 Å². The topological polar surface area (TPSA) is 131 Å². The first-order valence-corrected chi connectivity index (χ1v) is 12.4. The fourth-order valence-corrected chi connectivity index (χ4v) is 4.75. The SMILES string of the molecule is O=C(Nc1ccc(S(=O)(=O)Nc2ccc(N3CCOCC3)cc2)cc1)c1cc([N+](=O)[O-])ccc1Cl. The highest BCUT2D eigenvalue weighted by atomic mass is 35.5. The van der Waals surface area contributed by atoms with Crippen molar-refractivity contribution < 1.29 is 22.9 Å². The number of hydrogen-bond donors (Lipinski definition) is 2. The number of non-ortho nitro benzene ring substituents is 1. The molecule has 1 fully saturated rings. The zero-order chi connectivity index (χ0) is 25.0. The van der Waals surface area contributed by atoms with Crippen molar-refractivity contribution in [1.82, 2.24) is 0 Å². The van der Waals surface area contributed by atoms with Crippen LogP contribution >= 0.6 is 11.6 Å². The van der Waals surface area contributed by atoms with E-state index < -0.39 is 20.9 Å². The molecule has 3 aromatic carbocycles. The molecule has 0 saturated carbocycles. The average molecular weight is 517 g/mol. The summed E-state index contributed by atoms with van der Waals surface area (Å²) in [6, 6.07) is 16.1. The van der Waals surface area contributed by atoms with Crippen molar-refractivity contribution in [3.8, 4) is 0 Å². The van der Waals surface area contributed by atoms with Crippen LogP contribution in [0.3, 0.4) is 0 Å². The van der Waals surface area contributed by atoms with E-state index in [1.807, 2.05) is 12.1 Å². The Balaban J connectivity index is 1.43. The van der Waals surface area contributed by atoms with Gasteiger partial charge in [0.25, 0.3) is 21.6 Å². The van der Waals surface area contributed by atoms with Crippen molar-refractivity contribution >= 4 is 50.3 Å². The molecule has 0 spiro atoms. The molecule has 0 aliphatic carbocycles. The van der Waals surface area contributed by atoms with E-state index in [0.717, 1.165) is 24.8 Å². The molecule has 35 heavy (non-hydrogen) atoms. The van der Waals surface area contributed by atoms with Crippen LogP contribution in [0, 0.1) is 10.1 Å². The fourth-order valence-electron chi connectivity index (χ4n) is 3.49. The van der Waals surface area contributed by atoms with Gasteiger partial charge in [0.05, 0.1) is 33.6 Å². The number of nitro groups is 1. The maximum atomic E-state index is 12.8. The van der Waals surface area contributed by atoms with E-state index in [0.29, 0.717) is 24.6 Å². The Morgan fingerprint density at radius 1 is 0.971 bits per heavy atom. The molecular formula is C23H21ClN4O6S. The van der Waals surface area contributed by atoms with Crippen LogP contribution in [0.4, 0.5) is 22.7 Å². The minimum atomic E-state index is -3.86. The average Bonchev–Trinajstić information content (AvgIpc) is 2.85. The zero-order valence-electron chi connectivity index (χ0n) is 18.3. The first-order chi connectivity index (χ1) is 16.7. The van der Waals surface area contributed by atoms with Crippen LogP contribution in [0.2, 0.25) is 5.02 Å². The van der Waals surface area contributed by atoms with Gasteiger partial charge in [0.15, 0.2) is 0 Å². The highest BCUT2D eigenvalue weighted by molar-refractivity contribution is 7.92. The summed E-state index contributed by atoms with van der Waals surface area (Å²) in [5, 5.41) is 13.6. The van der Waals surface area contributed by atoms with Gasteiger partial charge in [0, 0.05) is 42.3 Å². The Morgan fingerprint density at radius 3 is 2.23 bits per heavy atom. The van der Waals surface area contributed by atoms with Gasteiger partial charge in [-0.3, -0.25) is 19.6 Å². The molecule has 0 radical (unpaired) electrons. The maximum Gasteiger partial charge on any atom is 0.270 e. The van der Waals surface area contributed by atoms with Gasteiger partial charge < -0.3 is 15.0 Å². The molecule has 2 N–H and O–H groups in total. The van der Waals surface area contributed by atoms with Gasteiger partial charge >= 0.3 is 0 Å². The van der Waals surface area contributed by atoms with Gasteiger partial charge in [-0.1, -0.05) is 11.6 Å². The lowest BCUT2D eigenvalue weighted by Crippen LogP contribution is -2.36. The molecule has 0 atom stereocenters. The van der Waals surface area contributed by atoms with E-state index in [9.17, 15) is 23.3 Å². The van der Waals surface area contributed by atoms with Gasteiger partial charge in [-0.05, 0) is 54.6 Å². The zero-order valence-corrected chi connectivity index (χ0v) is 19.9. The van der Waals surface area contributed by atoms with Crippen LogP contribution in [-0.4, -0.2) is 45.6 Å². The summed E-state index contributed by atoms with van der Waals surface area (Å²) in [7, 11) is -3.86. The second kappa shape index (κ2) is 10.3. The molecule has 12 heteroatoms. The van der Waals surface area contributed by atoms with Crippen molar-refractivity contribution in [2.45, 2.75) is 4.90 Å². The molecular weight excluding hydrogens is 496 g/mol. The number of hydrogen-bond acceptors (Lipinski definition) is 7. The van der Waals surface area contributed by atoms with Crippen molar-refractivity contribution in [3.63, 3.8) is 0 Å². The van der Waals surface area contributed by atoms with Crippen molar-refractivity contribution in [3.05, 3.63) is 87.4 Å². The lowest BCUT2D eigenvalue weighted by molar-refractivity contribution is -0.384. The number of nitro benzene ring substituents is 1. The molecule has 1 aliphatic rings. The summed E-state index contributed by atoms with van der Waals surface area (Å²) in [5.41, 5.74) is 1.36. The number of benzene rings is 3. The number of carbonyl (C=O) groups is 1. The normalized spacial score (nSPS) is 13.8. The minimum Gasteiger partial charge on any atom is -0.378 e. The molecule has 182 valence electrons. The number of ether oxygens (including phenoxy) is 1. The Kier molecular flexibility index (Phi) is 7.20. The highest BCUT2D eigenvalue weighted by Gasteiger charge is 2.18. The van der Waals surface area contributed by atoms with Crippen LogP contribution in [0.15, 0.2) is 71.6 Å². The van der Waals surface area contributed by atoms with Gasteiger partial charge in [-0.25, -0.2) is 8.42 Å². The number of rotatable bonds is 7. The van der Waals surface area contributed by atoms with Gasteiger partial charge in [0.2, 0.25) is 0 Å². The largest absolute Gasteiger partial charge is 0.378 e. The Morgan fingerprint density at radius 2 is 1.60 bits per heavy atom. The van der Waals surface area contributed by atoms with Crippen molar-refractivity contribution in [2.75, 3.05) is 41.2 Å². The summed E-state index contributed by atoms with van der Waals surface area (Å²) < 4.78 is 33.4. The Bertz CT molecular complexity index is 1340. The van der Waals surface area contributed by atoms with Gasteiger partial charge in [-0.2, -0.15) is 0 Å². The number of nitrogens with one attached hydrogen (secondary N) is 2. The number of morpholine rings is 1. The monoisotopic (exact) mass is 516 g/mol. The lowest BCUT2D eigenvalue weighted by Gasteiger charge is -2.28. The predicted octanol–water partition coefficient (Wildman–Crippen LogP) is 4.14. The smallest absolute Gasteiger partial charge is 0.270 e. The molecule has 1 heterocycles. The molecule has 1 saturated heterocycles. The maximum absolute atomic E-state index is 12.8. The molecule has 10 nitrogen and oxygen atoms in total. The summed E-state index contributed by atoms with van der Waals surface area (Å²) in [6.45, 7) is 2.87. The van der Waals surface area contributed by atoms with E-state index in [1.165, 1.54) is 36.4 Å². The van der Waals surface area contributed by atoms with Crippen molar-refractivity contribution in [1.29, 1.82) is 0 Å². The second-order valence-electron chi connectivity index (χ2n) is 7.65. The number of halogens is 1. The number of carbonyl (C=O) groups excluding carboxylic acids is 1. The van der Waals surface area contributed by atoms with Crippen LogP contribution in [0.1, 0.15) is 10.4 Å². The third-order valence-electron chi connectivity index (χ3n) is 5.32. The van der Waals surface area contributed by atoms with E-state index in [1.54, 1.807) is 12.1 Å². The molecule has 3 aromatic rings. The molecule has 1 aliphatic heterocycles. The van der Waals surface area contributed by atoms with Crippen LogP contribution in [-0.2, 0) is 14.8 Å². The fraction of sp³-hybridized carbons (Fsp3) is 0.174. The van der Waals surface area contributed by atoms with Crippen LogP contribution in [0.5, 0.6) is 0 Å². The first-order valence-electron chi connectivity index (χ1n) is 10.5. The Labute approximate surface area is 206 Å². The Hall–Kier alpha value is -3.67. The standard InChI is InChI=1S/C23H21ClN4O6S/c24-22-10-7-19(28(30)31)15-21(22)23(29)25-16-3-8-20(9-4-16)35(32,33)26-17-1-5-18(6-2-17)27-11-13-34-14-12-27/h1-10,15,26H,11-14H2,(H,25,29). The third-order valence-corrected chi connectivity index (χ3v) is 7.05. The molecule has 1 amide bonds. The van der Waals surface area contributed by atoms with Gasteiger partial charge in [0.1, 0.15) is 0 Å². The number of anilines is 3. The highest BCUT2D eigenvalue weighted by Crippen LogP contribution is 2.25. The summed E-state index contributed by atoms with van der Waals surface area (Å²) >= 11 is 6.00. The first kappa shape index (κ1) is 24.5. The predicted molar refractivity (Wildman–Crippen MR) is 133 cm³/mol. The van der Waals surface area contributed by atoms with E-state index >= 15 is 0 Å². The van der Waals surface area contributed by atoms with Crippen LogP contribution < -0.4 is 14.9 Å². The molecule has 0 unspecified atom stereocenters. The summed E-state index contributed by atoms with van der Waals surface area (Å²) in [4.78, 5) is 25.0. The quantitative estimate of drug-likeness (QED) is 0.356. The summed E-state index contributed by atoms with van der Waals surface area (Å²) in [6.07, 6.45) is 0. The summed E-state index contributed by atoms with van der Waals surface area (Å²) in [5.74, 6) is -0.659. The second-order valence-corrected chi connectivity index (χ2v) is 9.74. The molecule has 0 aromatic heterocycles. The number of amides is 1. The molecule has 0 bridgehead atoms. The van der Waals surface area contributed by atoms with Crippen LogP contribution in [0.25, 0.3) is 0 Å². The molecule has 4 rings (SSSR count). The number of nitrogens with zero attached hydrogens (tertiary/aromatic N) is 2. The minimum absolute atomic E-state index is 0.00105. The van der Waals surface area contributed by atoms with Gasteiger partial charge in [-0.15, -0.1) is 0 Å². The number of sulfonamides is 1. The lowest BCUT2D eigenvalue weighted by atomic mass is 10.2. The third kappa shape index (κ3) is 5.88. The van der Waals surface area contributed by atoms with E-state index in [2.05, 4.69) is 14.9 Å².